The number of aliphatic hydroxyl groups excluding tert-OH is 1. The number of halogens is 1. The summed E-state index contributed by atoms with van der Waals surface area (Å²) in [6.07, 6.45) is 4.48. The monoisotopic (exact) mass is 534 g/mol. The predicted molar refractivity (Wildman–Crippen MR) is 135 cm³/mol. The Morgan fingerprint density at radius 1 is 1.18 bits per heavy atom. The lowest BCUT2D eigenvalue weighted by Crippen LogP contribution is -2.64. The zero-order valence-corrected chi connectivity index (χ0v) is 22.7. The molecule has 8 atom stereocenters. The topological polar surface area (TPSA) is 116 Å². The third-order valence-electron chi connectivity index (χ3n) is 9.68. The van der Waals surface area contributed by atoms with Gasteiger partial charge in [-0.3, -0.25) is 14.4 Å². The molecule has 0 aliphatic heterocycles. The predicted octanol–water partition coefficient (Wildman–Crippen LogP) is 4.43. The van der Waals surface area contributed by atoms with Crippen molar-refractivity contribution in [2.45, 2.75) is 90.5 Å². The van der Waals surface area contributed by atoms with E-state index in [1.165, 1.54) is 19.1 Å². The normalized spacial score (nSPS) is 39.4. The number of hydrogen-bond donors (Lipinski definition) is 1. The van der Waals surface area contributed by atoms with Crippen LogP contribution in [0.4, 0.5) is 9.18 Å². The molecule has 0 radical (unpaired) electrons. The van der Waals surface area contributed by atoms with Crippen LogP contribution in [0.2, 0.25) is 0 Å². The van der Waals surface area contributed by atoms with E-state index in [4.69, 9.17) is 14.2 Å². The first kappa shape index (κ1) is 28.5. The first-order valence-electron chi connectivity index (χ1n) is 13.7. The van der Waals surface area contributed by atoms with E-state index in [2.05, 4.69) is 0 Å². The summed E-state index contributed by atoms with van der Waals surface area (Å²) in [4.78, 5) is 50.1. The van der Waals surface area contributed by atoms with Crippen LogP contribution in [0.1, 0.15) is 72.6 Å². The molecule has 0 heterocycles. The molecule has 4 aliphatic carbocycles. The number of fused-ring (bicyclic) bond motifs is 5. The molecular weight excluding hydrogens is 495 g/mol. The number of esters is 1. The summed E-state index contributed by atoms with van der Waals surface area (Å²) in [6, 6.07) is 0. The minimum atomic E-state index is -1.69. The van der Waals surface area contributed by atoms with E-state index in [1.54, 1.807) is 13.0 Å². The molecule has 8 nitrogen and oxygen atoms in total. The molecule has 0 aromatic carbocycles. The van der Waals surface area contributed by atoms with Crippen LogP contribution in [0.5, 0.6) is 0 Å². The van der Waals surface area contributed by atoms with Crippen molar-refractivity contribution in [2.75, 3.05) is 13.2 Å². The van der Waals surface area contributed by atoms with Gasteiger partial charge in [0.15, 0.2) is 18.0 Å². The Kier molecular flexibility index (Phi) is 7.90. The smallest absolute Gasteiger partial charge is 0.458 e. The molecular formula is C29H39FO8. The Hall–Kier alpha value is -2.55. The number of allylic oxidation sites excluding steroid dienone is 4. The molecule has 0 aromatic heterocycles. The zero-order valence-electron chi connectivity index (χ0n) is 22.7. The van der Waals surface area contributed by atoms with Gasteiger partial charge in [-0.05, 0) is 61.7 Å². The minimum absolute atomic E-state index is 0.0974. The van der Waals surface area contributed by atoms with Gasteiger partial charge in [0, 0.05) is 23.7 Å². The van der Waals surface area contributed by atoms with Crippen LogP contribution < -0.4 is 0 Å². The molecule has 0 bridgehead atoms. The van der Waals surface area contributed by atoms with Crippen LogP contribution in [0.15, 0.2) is 23.8 Å². The highest BCUT2D eigenvalue weighted by Gasteiger charge is 2.71. The molecule has 0 spiro atoms. The quantitative estimate of drug-likeness (QED) is 0.359. The molecule has 3 saturated carbocycles. The minimum Gasteiger partial charge on any atom is -0.458 e. The van der Waals surface area contributed by atoms with E-state index in [9.17, 15) is 24.3 Å². The molecule has 4 rings (SSSR count). The van der Waals surface area contributed by atoms with E-state index in [0.717, 1.165) is 12.8 Å². The number of Topliss-reactive ketones (excluding diaryl/α,β-unsaturated/α-hetero) is 1. The lowest BCUT2D eigenvalue weighted by molar-refractivity contribution is -0.187. The van der Waals surface area contributed by atoms with Crippen molar-refractivity contribution in [1.82, 2.24) is 0 Å². The van der Waals surface area contributed by atoms with Crippen molar-refractivity contribution < 1.29 is 42.9 Å². The van der Waals surface area contributed by atoms with Gasteiger partial charge in [0.1, 0.15) is 6.17 Å². The largest absolute Gasteiger partial charge is 0.509 e. The van der Waals surface area contributed by atoms with Crippen molar-refractivity contribution in [3.8, 4) is 0 Å². The Morgan fingerprint density at radius 2 is 1.92 bits per heavy atom. The molecule has 210 valence electrons. The van der Waals surface area contributed by atoms with Crippen LogP contribution in [0, 0.1) is 28.6 Å². The van der Waals surface area contributed by atoms with Gasteiger partial charge in [0.05, 0.1) is 12.7 Å². The molecule has 0 aromatic rings. The van der Waals surface area contributed by atoms with Crippen molar-refractivity contribution in [1.29, 1.82) is 0 Å². The van der Waals surface area contributed by atoms with E-state index in [0.29, 0.717) is 18.4 Å². The maximum absolute atomic E-state index is 15.6. The van der Waals surface area contributed by atoms with E-state index in [-0.39, 0.29) is 49.4 Å². The summed E-state index contributed by atoms with van der Waals surface area (Å²) < 4.78 is 31.8. The second-order valence-electron chi connectivity index (χ2n) is 11.8. The summed E-state index contributed by atoms with van der Waals surface area (Å²) in [7, 11) is 0. The zero-order chi connectivity index (χ0) is 27.9. The first-order valence-corrected chi connectivity index (χ1v) is 13.7. The van der Waals surface area contributed by atoms with Gasteiger partial charge < -0.3 is 19.3 Å². The van der Waals surface area contributed by atoms with Gasteiger partial charge in [0.2, 0.25) is 5.78 Å². The standard InChI is InChI=1S/C29H39FO8/c1-5-6-7-12-36-26(35)38-29(24(34)16-37-17(2)31)11-9-20-19-14-22(30)21-13-18(32)8-10-27(21,3)25(19)23(33)15-28(20,29)4/h8,10,13,19-20,22-23,25,33H,5-7,9,11-12,14-16H2,1-4H3/t19-,20-,22-,23?,25+,27-,28-,29-/m0/s1. The van der Waals surface area contributed by atoms with Gasteiger partial charge in [-0.2, -0.15) is 0 Å². The van der Waals surface area contributed by atoms with E-state index < -0.39 is 53.2 Å². The first-order chi connectivity index (χ1) is 17.9. The number of unbranched alkanes of at least 4 members (excludes halogenated alkanes) is 2. The molecule has 0 saturated heterocycles. The number of ketones is 2. The van der Waals surface area contributed by atoms with Gasteiger partial charge in [-0.1, -0.05) is 39.7 Å². The van der Waals surface area contributed by atoms with Crippen LogP contribution in [0.25, 0.3) is 0 Å². The number of rotatable bonds is 8. The average molecular weight is 535 g/mol. The highest BCUT2D eigenvalue weighted by molar-refractivity contribution is 6.01. The van der Waals surface area contributed by atoms with Gasteiger partial charge >= 0.3 is 12.1 Å². The Balaban J connectivity index is 1.68. The Labute approximate surface area is 223 Å². The molecule has 0 amide bonds. The van der Waals surface area contributed by atoms with E-state index >= 15 is 4.39 Å². The van der Waals surface area contributed by atoms with Gasteiger partial charge in [-0.25, -0.2) is 9.18 Å². The maximum Gasteiger partial charge on any atom is 0.509 e. The number of carbonyl (C=O) groups is 4. The molecule has 4 aliphatic rings. The number of hydrogen-bond acceptors (Lipinski definition) is 8. The lowest BCUT2D eigenvalue weighted by Gasteiger charge is -2.60. The summed E-state index contributed by atoms with van der Waals surface area (Å²) in [5, 5.41) is 11.6. The fourth-order valence-corrected chi connectivity index (χ4v) is 7.97. The molecule has 38 heavy (non-hydrogen) atoms. The summed E-state index contributed by atoms with van der Waals surface area (Å²) >= 11 is 0. The average Bonchev–Trinajstić information content (AvgIpc) is 3.13. The summed E-state index contributed by atoms with van der Waals surface area (Å²) in [5.74, 6) is -2.44. The van der Waals surface area contributed by atoms with Crippen molar-refractivity contribution >= 4 is 23.7 Å². The van der Waals surface area contributed by atoms with Gasteiger partial charge in [-0.15, -0.1) is 0 Å². The molecule has 1 unspecified atom stereocenters. The second kappa shape index (κ2) is 10.5. The third kappa shape index (κ3) is 4.61. The Bertz CT molecular complexity index is 1050. The number of ether oxygens (including phenoxy) is 3. The molecule has 1 N–H and O–H groups in total. The SMILES string of the molecule is CCCCCOC(=O)O[C@]1(C(=O)COC(C)=O)CC[C@H]2[C@@H]3C[C@H](F)C4=CC(=O)C=C[C@]4(C)[C@H]3C(O)C[C@@]21C. The Morgan fingerprint density at radius 3 is 2.61 bits per heavy atom. The number of alkyl halides is 1. The van der Waals surface area contributed by atoms with Crippen molar-refractivity contribution in [2.24, 2.45) is 28.6 Å². The van der Waals surface area contributed by atoms with E-state index in [1.807, 2.05) is 13.8 Å². The second-order valence-corrected chi connectivity index (χ2v) is 11.8. The van der Waals surface area contributed by atoms with Crippen molar-refractivity contribution in [3.63, 3.8) is 0 Å². The van der Waals surface area contributed by atoms with Gasteiger partial charge in [0.25, 0.3) is 0 Å². The number of aliphatic hydroxyl groups is 1. The van der Waals surface area contributed by atoms with Crippen LogP contribution >= 0.6 is 0 Å². The fraction of sp³-hybridized carbons (Fsp3) is 0.724. The molecule has 3 fully saturated rings. The number of carbonyl (C=O) groups excluding carboxylic acids is 4. The van der Waals surface area contributed by atoms with Crippen LogP contribution in [-0.2, 0) is 28.6 Å². The lowest BCUT2D eigenvalue weighted by atomic mass is 9.46. The summed E-state index contributed by atoms with van der Waals surface area (Å²) in [6.45, 7) is 6.45. The van der Waals surface area contributed by atoms with Crippen LogP contribution in [0.3, 0.4) is 0 Å². The molecule has 9 heteroatoms. The highest BCUT2D eigenvalue weighted by Crippen LogP contribution is 2.68. The van der Waals surface area contributed by atoms with Crippen LogP contribution in [-0.4, -0.2) is 59.9 Å². The fourth-order valence-electron chi connectivity index (χ4n) is 7.97. The maximum atomic E-state index is 15.6. The third-order valence-corrected chi connectivity index (χ3v) is 9.68. The summed E-state index contributed by atoms with van der Waals surface area (Å²) in [5.41, 5.74) is -3.19. The highest BCUT2D eigenvalue weighted by atomic mass is 19.1. The van der Waals surface area contributed by atoms with Crippen molar-refractivity contribution in [3.05, 3.63) is 23.8 Å².